The maximum absolute atomic E-state index is 12.5. The Morgan fingerprint density at radius 2 is 2.22 bits per heavy atom. The van der Waals surface area contributed by atoms with E-state index >= 15 is 0 Å². The molecule has 1 aromatic heterocycles. The zero-order valence-corrected chi connectivity index (χ0v) is 12.6. The van der Waals surface area contributed by atoms with Gasteiger partial charge in [0.15, 0.2) is 0 Å². The van der Waals surface area contributed by atoms with Crippen molar-refractivity contribution in [3.8, 4) is 0 Å². The van der Waals surface area contributed by atoms with Gasteiger partial charge in [-0.05, 0) is 37.4 Å². The van der Waals surface area contributed by atoms with Gasteiger partial charge in [0, 0.05) is 19.3 Å². The van der Waals surface area contributed by atoms with Gasteiger partial charge in [-0.2, -0.15) is 13.2 Å². The molecule has 1 atom stereocenters. The number of nitrogens with zero attached hydrogens (tertiary/aromatic N) is 2. The van der Waals surface area contributed by atoms with E-state index in [1.165, 1.54) is 12.3 Å². The molecule has 4 nitrogen and oxygen atoms in total. The summed E-state index contributed by atoms with van der Waals surface area (Å²) < 4.78 is 37.5. The number of halogens is 3. The van der Waals surface area contributed by atoms with Gasteiger partial charge in [0.05, 0.1) is 5.41 Å². The molecule has 1 aromatic rings. The third-order valence-corrected chi connectivity index (χ3v) is 4.17. The van der Waals surface area contributed by atoms with E-state index in [0.29, 0.717) is 38.0 Å². The summed E-state index contributed by atoms with van der Waals surface area (Å²) in [6, 6.07) is 2.34. The third kappa shape index (κ3) is 4.10. The summed E-state index contributed by atoms with van der Waals surface area (Å²) >= 11 is 0. The molecule has 1 N–H and O–H groups in total. The van der Waals surface area contributed by atoms with Crippen LogP contribution < -0.4 is 0 Å². The lowest BCUT2D eigenvalue weighted by Gasteiger charge is -2.39. The number of piperidine rings is 1. The maximum Gasteiger partial charge on any atom is 0.433 e. The predicted molar refractivity (Wildman–Crippen MR) is 78.6 cm³/mol. The van der Waals surface area contributed by atoms with E-state index in [9.17, 15) is 23.1 Å². The first-order valence-corrected chi connectivity index (χ1v) is 7.36. The average molecular weight is 328 g/mol. The summed E-state index contributed by atoms with van der Waals surface area (Å²) in [5.41, 5.74) is -1.15. The van der Waals surface area contributed by atoms with E-state index in [1.54, 1.807) is 6.08 Å². The van der Waals surface area contributed by atoms with Gasteiger partial charge < -0.3 is 5.11 Å². The van der Waals surface area contributed by atoms with Crippen molar-refractivity contribution in [2.45, 2.75) is 32.0 Å². The fourth-order valence-corrected chi connectivity index (χ4v) is 3.01. The number of likely N-dealkylation sites (tertiary alicyclic amines) is 1. The Hall–Kier alpha value is -1.89. The number of alkyl halides is 3. The van der Waals surface area contributed by atoms with Crippen molar-refractivity contribution in [1.82, 2.24) is 9.88 Å². The lowest BCUT2D eigenvalue weighted by atomic mass is 9.77. The molecular weight excluding hydrogens is 309 g/mol. The standard InChI is InChI=1S/C16H19F3N2O2/c1-2-6-15(14(22)23)7-3-8-21(11-15)10-12-4-5-13(20-9-12)16(17,18)19/h2,4-5,9H,1,3,6-8,10-11H2,(H,22,23)/t15-/m1/s1. The van der Waals surface area contributed by atoms with E-state index in [1.807, 2.05) is 4.90 Å². The Balaban J connectivity index is 2.08. The number of carbonyl (C=O) groups is 1. The molecule has 1 aliphatic heterocycles. The topological polar surface area (TPSA) is 53.4 Å². The second-order valence-corrected chi connectivity index (χ2v) is 5.94. The lowest BCUT2D eigenvalue weighted by Crippen LogP contribution is -2.47. The van der Waals surface area contributed by atoms with Crippen LogP contribution in [0, 0.1) is 5.41 Å². The summed E-state index contributed by atoms with van der Waals surface area (Å²) in [5.74, 6) is -0.854. The average Bonchev–Trinajstić information content (AvgIpc) is 2.47. The van der Waals surface area contributed by atoms with Crippen molar-refractivity contribution in [2.75, 3.05) is 13.1 Å². The smallest absolute Gasteiger partial charge is 0.433 e. The van der Waals surface area contributed by atoms with E-state index in [0.717, 1.165) is 12.5 Å². The minimum atomic E-state index is -4.45. The van der Waals surface area contributed by atoms with Crippen LogP contribution in [0.3, 0.4) is 0 Å². The highest BCUT2D eigenvalue weighted by molar-refractivity contribution is 5.75. The van der Waals surface area contributed by atoms with Gasteiger partial charge in [-0.3, -0.25) is 14.7 Å². The van der Waals surface area contributed by atoms with Gasteiger partial charge in [0.25, 0.3) is 0 Å². The van der Waals surface area contributed by atoms with Crippen LogP contribution in [0.1, 0.15) is 30.5 Å². The minimum Gasteiger partial charge on any atom is -0.481 e. The van der Waals surface area contributed by atoms with Crippen LogP contribution in [0.15, 0.2) is 31.0 Å². The number of rotatable bonds is 5. The van der Waals surface area contributed by atoms with Gasteiger partial charge in [-0.15, -0.1) is 6.58 Å². The highest BCUT2D eigenvalue weighted by Gasteiger charge is 2.41. The third-order valence-electron chi connectivity index (χ3n) is 4.17. The summed E-state index contributed by atoms with van der Waals surface area (Å²) in [4.78, 5) is 17.0. The number of pyridine rings is 1. The van der Waals surface area contributed by atoms with Crippen LogP contribution in [0.4, 0.5) is 13.2 Å². The normalized spacial score (nSPS) is 22.7. The van der Waals surface area contributed by atoms with Crippen molar-refractivity contribution < 1.29 is 23.1 Å². The van der Waals surface area contributed by atoms with Gasteiger partial charge in [-0.25, -0.2) is 0 Å². The van der Waals surface area contributed by atoms with Crippen LogP contribution in [-0.2, 0) is 17.5 Å². The number of aromatic nitrogens is 1. The molecule has 2 rings (SSSR count). The molecule has 0 spiro atoms. The Bertz CT molecular complexity index is 572. The quantitative estimate of drug-likeness (QED) is 0.842. The second-order valence-electron chi connectivity index (χ2n) is 5.94. The molecule has 0 unspecified atom stereocenters. The largest absolute Gasteiger partial charge is 0.481 e. The molecule has 0 radical (unpaired) electrons. The van der Waals surface area contributed by atoms with Crippen molar-refractivity contribution in [1.29, 1.82) is 0 Å². The molecule has 23 heavy (non-hydrogen) atoms. The van der Waals surface area contributed by atoms with E-state index in [-0.39, 0.29) is 0 Å². The molecule has 1 aliphatic rings. The van der Waals surface area contributed by atoms with Crippen molar-refractivity contribution in [3.63, 3.8) is 0 Å². The number of allylic oxidation sites excluding steroid dienone is 1. The van der Waals surface area contributed by atoms with Gasteiger partial charge >= 0.3 is 12.1 Å². The zero-order chi connectivity index (χ0) is 17.1. The molecule has 1 saturated heterocycles. The zero-order valence-electron chi connectivity index (χ0n) is 12.6. The first-order chi connectivity index (χ1) is 10.8. The Labute approximate surface area is 132 Å². The first-order valence-electron chi connectivity index (χ1n) is 7.36. The van der Waals surface area contributed by atoms with E-state index in [2.05, 4.69) is 11.6 Å². The Morgan fingerprint density at radius 3 is 2.74 bits per heavy atom. The van der Waals surface area contributed by atoms with Gasteiger partial charge in [-0.1, -0.05) is 12.1 Å². The maximum atomic E-state index is 12.5. The summed E-state index contributed by atoms with van der Waals surface area (Å²) in [6.45, 7) is 5.08. The number of carboxylic acid groups (broad SMARTS) is 1. The van der Waals surface area contributed by atoms with Crippen molar-refractivity contribution in [3.05, 3.63) is 42.2 Å². The number of hydrogen-bond acceptors (Lipinski definition) is 3. The molecule has 0 bridgehead atoms. The molecule has 0 saturated carbocycles. The van der Waals surface area contributed by atoms with Crippen LogP contribution in [0.25, 0.3) is 0 Å². The Kier molecular flexibility index (Phi) is 5.09. The summed E-state index contributed by atoms with van der Waals surface area (Å²) in [6.07, 6.45) is 0.0468. The molecule has 126 valence electrons. The molecule has 7 heteroatoms. The van der Waals surface area contributed by atoms with E-state index in [4.69, 9.17) is 0 Å². The highest BCUT2D eigenvalue weighted by atomic mass is 19.4. The lowest BCUT2D eigenvalue weighted by molar-refractivity contribution is -0.152. The molecular formula is C16H19F3N2O2. The summed E-state index contributed by atoms with van der Waals surface area (Å²) in [5, 5.41) is 9.52. The number of hydrogen-bond donors (Lipinski definition) is 1. The van der Waals surface area contributed by atoms with Crippen LogP contribution in [0.2, 0.25) is 0 Å². The van der Waals surface area contributed by atoms with Gasteiger partial charge in [0.1, 0.15) is 5.69 Å². The number of aliphatic carboxylic acids is 1. The van der Waals surface area contributed by atoms with E-state index < -0.39 is 23.3 Å². The highest BCUT2D eigenvalue weighted by Crippen LogP contribution is 2.35. The fraction of sp³-hybridized carbons (Fsp3) is 0.500. The fourth-order valence-electron chi connectivity index (χ4n) is 3.01. The van der Waals surface area contributed by atoms with Crippen molar-refractivity contribution >= 4 is 5.97 Å². The monoisotopic (exact) mass is 328 g/mol. The molecule has 0 aromatic carbocycles. The minimum absolute atomic E-state index is 0.357. The molecule has 0 aliphatic carbocycles. The summed E-state index contributed by atoms with van der Waals surface area (Å²) in [7, 11) is 0. The van der Waals surface area contributed by atoms with Crippen molar-refractivity contribution in [2.24, 2.45) is 5.41 Å². The predicted octanol–water partition coefficient (Wildman–Crippen LogP) is 3.34. The second kappa shape index (κ2) is 6.70. The molecule has 2 heterocycles. The SMILES string of the molecule is C=CC[C@@]1(C(=O)O)CCCN(Cc2ccc(C(F)(F)F)nc2)C1. The van der Waals surface area contributed by atoms with Crippen LogP contribution in [-0.4, -0.2) is 34.0 Å². The molecule has 1 fully saturated rings. The number of carboxylic acids is 1. The molecule has 0 amide bonds. The van der Waals surface area contributed by atoms with Crippen LogP contribution in [0.5, 0.6) is 0 Å². The van der Waals surface area contributed by atoms with Crippen LogP contribution >= 0.6 is 0 Å². The Morgan fingerprint density at radius 1 is 1.48 bits per heavy atom. The first kappa shape index (κ1) is 17.5. The van der Waals surface area contributed by atoms with Gasteiger partial charge in [0.2, 0.25) is 0 Å².